The molecule has 1 aliphatic rings. The fourth-order valence-electron chi connectivity index (χ4n) is 2.30. The molecule has 0 aromatic heterocycles. The van der Waals surface area contributed by atoms with E-state index in [0.29, 0.717) is 18.2 Å². The van der Waals surface area contributed by atoms with Gasteiger partial charge in [0, 0.05) is 12.1 Å². The Balaban J connectivity index is 1.99. The molecule has 0 aliphatic heterocycles. The van der Waals surface area contributed by atoms with E-state index in [-0.39, 0.29) is 24.3 Å². The van der Waals surface area contributed by atoms with E-state index >= 15 is 0 Å². The van der Waals surface area contributed by atoms with Crippen molar-refractivity contribution in [2.75, 3.05) is 20.1 Å². The first-order valence-corrected chi connectivity index (χ1v) is 7.81. The lowest BCUT2D eigenvalue weighted by Gasteiger charge is -2.29. The molecular formula is C17H25FN2O2. The van der Waals surface area contributed by atoms with Gasteiger partial charge in [0.2, 0.25) is 5.91 Å². The molecule has 1 atom stereocenters. The van der Waals surface area contributed by atoms with Crippen molar-refractivity contribution >= 4 is 5.91 Å². The summed E-state index contributed by atoms with van der Waals surface area (Å²) in [7, 11) is 1.92. The van der Waals surface area contributed by atoms with E-state index in [1.807, 2.05) is 25.8 Å². The molecule has 1 N–H and O–H groups in total. The average Bonchev–Trinajstić information content (AvgIpc) is 3.29. The van der Waals surface area contributed by atoms with Gasteiger partial charge >= 0.3 is 0 Å². The van der Waals surface area contributed by atoms with Crippen LogP contribution in [0.25, 0.3) is 0 Å². The number of halogens is 1. The molecule has 1 amide bonds. The van der Waals surface area contributed by atoms with Crippen LogP contribution in [0.5, 0.6) is 0 Å². The van der Waals surface area contributed by atoms with Crippen LogP contribution in [-0.2, 0) is 4.79 Å². The number of amides is 1. The largest absolute Gasteiger partial charge is 0.387 e. The van der Waals surface area contributed by atoms with Gasteiger partial charge in [0.25, 0.3) is 0 Å². The Labute approximate surface area is 131 Å². The molecule has 1 fully saturated rings. The number of carbonyl (C=O) groups excluding carboxylic acids is 1. The normalized spacial score (nSPS) is 16.1. The van der Waals surface area contributed by atoms with Gasteiger partial charge in [-0.2, -0.15) is 0 Å². The first-order chi connectivity index (χ1) is 10.4. The minimum absolute atomic E-state index is 0.0415. The van der Waals surface area contributed by atoms with E-state index in [2.05, 4.69) is 0 Å². The number of rotatable bonds is 7. The summed E-state index contributed by atoms with van der Waals surface area (Å²) < 4.78 is 12.9. The number of aliphatic hydroxyl groups is 1. The summed E-state index contributed by atoms with van der Waals surface area (Å²) in [5, 5.41) is 10.3. The zero-order chi connectivity index (χ0) is 16.3. The third kappa shape index (κ3) is 4.52. The second-order valence-electron chi connectivity index (χ2n) is 6.35. The number of likely N-dealkylation sites (N-methyl/N-ethyl adjacent to an activating group) is 1. The van der Waals surface area contributed by atoms with Gasteiger partial charge < -0.3 is 10.0 Å². The molecule has 22 heavy (non-hydrogen) atoms. The maximum atomic E-state index is 12.9. The minimum Gasteiger partial charge on any atom is -0.387 e. The second kappa shape index (κ2) is 7.20. The van der Waals surface area contributed by atoms with E-state index in [1.165, 1.54) is 12.1 Å². The van der Waals surface area contributed by atoms with Crippen LogP contribution >= 0.6 is 0 Å². The van der Waals surface area contributed by atoms with Crippen LogP contribution in [0.15, 0.2) is 24.3 Å². The van der Waals surface area contributed by atoms with E-state index < -0.39 is 6.10 Å². The fourth-order valence-corrected chi connectivity index (χ4v) is 2.30. The van der Waals surface area contributed by atoms with Crippen LogP contribution in [-0.4, -0.2) is 53.0 Å². The molecule has 5 heteroatoms. The van der Waals surface area contributed by atoms with Crippen molar-refractivity contribution in [3.63, 3.8) is 0 Å². The summed E-state index contributed by atoms with van der Waals surface area (Å²) in [5.41, 5.74) is 0.636. The first kappa shape index (κ1) is 16.9. The topological polar surface area (TPSA) is 43.8 Å². The highest BCUT2D eigenvalue weighted by Gasteiger charge is 2.34. The number of carbonyl (C=O) groups is 1. The van der Waals surface area contributed by atoms with E-state index in [4.69, 9.17) is 0 Å². The standard InChI is InChI=1S/C17H25FN2O2/c1-12(2)19(3)11-17(22)20(15-8-9-15)10-16(21)13-4-6-14(18)7-5-13/h4-7,12,15-16,21H,8-11H2,1-3H3. The lowest BCUT2D eigenvalue weighted by atomic mass is 10.1. The molecule has 1 unspecified atom stereocenters. The van der Waals surface area contributed by atoms with E-state index in [1.54, 1.807) is 17.0 Å². The quantitative estimate of drug-likeness (QED) is 0.840. The van der Waals surface area contributed by atoms with Crippen LogP contribution in [0.4, 0.5) is 4.39 Å². The molecule has 1 aliphatic carbocycles. The van der Waals surface area contributed by atoms with Crippen molar-refractivity contribution in [3.05, 3.63) is 35.6 Å². The Morgan fingerprint density at radius 2 is 1.91 bits per heavy atom. The molecule has 0 bridgehead atoms. The van der Waals surface area contributed by atoms with Gasteiger partial charge in [-0.05, 0) is 51.4 Å². The van der Waals surface area contributed by atoms with E-state index in [0.717, 1.165) is 12.8 Å². The molecule has 1 aromatic carbocycles. The van der Waals surface area contributed by atoms with Crippen LogP contribution in [0.3, 0.4) is 0 Å². The number of hydrogen-bond acceptors (Lipinski definition) is 3. The zero-order valence-corrected chi connectivity index (χ0v) is 13.5. The SMILES string of the molecule is CC(C)N(C)CC(=O)N(CC(O)c1ccc(F)cc1)C1CC1. The monoisotopic (exact) mass is 308 g/mol. The van der Waals surface area contributed by atoms with Crippen molar-refractivity contribution in [2.45, 2.75) is 44.9 Å². The number of aliphatic hydroxyl groups excluding tert-OH is 1. The highest BCUT2D eigenvalue weighted by molar-refractivity contribution is 5.79. The van der Waals surface area contributed by atoms with Crippen LogP contribution in [0.1, 0.15) is 38.4 Å². The van der Waals surface area contributed by atoms with Gasteiger partial charge in [-0.1, -0.05) is 12.1 Å². The molecule has 122 valence electrons. The molecule has 0 radical (unpaired) electrons. The Morgan fingerprint density at radius 3 is 2.41 bits per heavy atom. The lowest BCUT2D eigenvalue weighted by Crippen LogP contribution is -2.44. The van der Waals surface area contributed by atoms with Gasteiger partial charge in [0.15, 0.2) is 0 Å². The maximum Gasteiger partial charge on any atom is 0.237 e. The Bertz CT molecular complexity index is 500. The maximum absolute atomic E-state index is 12.9. The molecule has 2 rings (SSSR count). The van der Waals surface area contributed by atoms with Crippen molar-refractivity contribution in [1.29, 1.82) is 0 Å². The van der Waals surface area contributed by atoms with Crippen molar-refractivity contribution < 1.29 is 14.3 Å². The zero-order valence-electron chi connectivity index (χ0n) is 13.5. The number of nitrogens with zero attached hydrogens (tertiary/aromatic N) is 2. The molecule has 0 spiro atoms. The van der Waals surface area contributed by atoms with Gasteiger partial charge in [-0.3, -0.25) is 9.69 Å². The minimum atomic E-state index is -0.783. The summed E-state index contributed by atoms with van der Waals surface area (Å²) >= 11 is 0. The summed E-state index contributed by atoms with van der Waals surface area (Å²) in [5.74, 6) is -0.288. The van der Waals surface area contributed by atoms with Crippen LogP contribution in [0.2, 0.25) is 0 Å². The molecule has 4 nitrogen and oxygen atoms in total. The molecule has 0 saturated heterocycles. The third-order valence-corrected chi connectivity index (χ3v) is 4.20. The van der Waals surface area contributed by atoms with Gasteiger partial charge in [0.05, 0.1) is 19.2 Å². The van der Waals surface area contributed by atoms with Crippen molar-refractivity contribution in [1.82, 2.24) is 9.80 Å². The summed E-state index contributed by atoms with van der Waals surface area (Å²) in [6, 6.07) is 6.32. The van der Waals surface area contributed by atoms with Crippen molar-refractivity contribution in [3.8, 4) is 0 Å². The van der Waals surface area contributed by atoms with Gasteiger partial charge in [-0.15, -0.1) is 0 Å². The number of benzene rings is 1. The molecule has 1 saturated carbocycles. The lowest BCUT2D eigenvalue weighted by molar-refractivity contribution is -0.134. The summed E-state index contributed by atoms with van der Waals surface area (Å²) in [4.78, 5) is 16.2. The second-order valence-corrected chi connectivity index (χ2v) is 6.35. The highest BCUT2D eigenvalue weighted by Crippen LogP contribution is 2.29. The average molecular weight is 308 g/mol. The number of hydrogen-bond donors (Lipinski definition) is 1. The van der Waals surface area contributed by atoms with Crippen LogP contribution < -0.4 is 0 Å². The highest BCUT2D eigenvalue weighted by atomic mass is 19.1. The Morgan fingerprint density at radius 1 is 1.32 bits per heavy atom. The third-order valence-electron chi connectivity index (χ3n) is 4.20. The molecule has 0 heterocycles. The summed E-state index contributed by atoms with van der Waals surface area (Å²) in [6.07, 6.45) is 1.20. The smallest absolute Gasteiger partial charge is 0.237 e. The molecular weight excluding hydrogens is 283 g/mol. The van der Waals surface area contributed by atoms with Gasteiger partial charge in [-0.25, -0.2) is 4.39 Å². The fraction of sp³-hybridized carbons (Fsp3) is 0.588. The predicted octanol–water partition coefficient (Wildman–Crippen LogP) is 2.19. The molecule has 1 aromatic rings. The van der Waals surface area contributed by atoms with Gasteiger partial charge in [0.1, 0.15) is 5.82 Å². The van der Waals surface area contributed by atoms with Crippen LogP contribution in [0, 0.1) is 5.82 Å². The predicted molar refractivity (Wildman–Crippen MR) is 83.9 cm³/mol. The first-order valence-electron chi connectivity index (χ1n) is 7.81. The Hall–Kier alpha value is -1.46. The summed E-state index contributed by atoms with van der Waals surface area (Å²) in [6.45, 7) is 4.70. The van der Waals surface area contributed by atoms with E-state index in [9.17, 15) is 14.3 Å². The van der Waals surface area contributed by atoms with Crippen molar-refractivity contribution in [2.24, 2.45) is 0 Å². The Kier molecular flexibility index (Phi) is 5.53.